The van der Waals surface area contributed by atoms with Crippen LogP contribution < -0.4 is 10.6 Å². The molecule has 0 aromatic carbocycles. The molecule has 4 rings (SSSR count). The third-order valence-corrected chi connectivity index (χ3v) is 9.16. The minimum Gasteiger partial charge on any atom is -0.395 e. The average Bonchev–Trinajstić information content (AvgIpc) is 3.34. The summed E-state index contributed by atoms with van der Waals surface area (Å²) in [4.78, 5) is 12.7. The Hall–Kier alpha value is -1.53. The molecule has 3 N–H and O–H groups in total. The Morgan fingerprint density at radius 1 is 1.24 bits per heavy atom. The highest BCUT2D eigenvalue weighted by Gasteiger charge is 2.40. The Morgan fingerprint density at radius 2 is 2.00 bits per heavy atom. The minimum absolute atomic E-state index is 0.0848. The summed E-state index contributed by atoms with van der Waals surface area (Å²) < 4.78 is 35.3. The lowest BCUT2D eigenvalue weighted by Crippen LogP contribution is -2.52. The molecule has 11 heteroatoms. The van der Waals surface area contributed by atoms with Gasteiger partial charge in [-0.2, -0.15) is 17.0 Å². The maximum atomic E-state index is 13.4. The van der Waals surface area contributed by atoms with E-state index in [1.165, 1.54) is 0 Å². The van der Waals surface area contributed by atoms with Crippen LogP contribution in [0.1, 0.15) is 80.5 Å². The number of hydrogen-bond donors (Lipinski definition) is 3. The van der Waals surface area contributed by atoms with Crippen LogP contribution in [-0.2, 0) is 10.2 Å². The zero-order chi connectivity index (χ0) is 23.4. The highest BCUT2D eigenvalue weighted by Crippen LogP contribution is 2.40. The number of carbonyl (C=O) groups is 1. The highest BCUT2D eigenvalue weighted by molar-refractivity contribution is 7.86. The number of nitrogens with zero attached hydrogens (tertiary/aromatic N) is 3. The molecule has 1 saturated carbocycles. The van der Waals surface area contributed by atoms with Gasteiger partial charge in [0.1, 0.15) is 5.76 Å². The molecule has 2 atom stereocenters. The van der Waals surface area contributed by atoms with E-state index in [0.29, 0.717) is 50.6 Å². The van der Waals surface area contributed by atoms with Crippen LogP contribution in [0, 0.1) is 0 Å². The van der Waals surface area contributed by atoms with Crippen LogP contribution >= 0.6 is 0 Å². The van der Waals surface area contributed by atoms with Crippen molar-refractivity contribution in [2.24, 2.45) is 0 Å². The van der Waals surface area contributed by atoms with Gasteiger partial charge in [-0.15, -0.1) is 0 Å². The van der Waals surface area contributed by atoms with Crippen molar-refractivity contribution in [1.29, 1.82) is 0 Å². The lowest BCUT2D eigenvalue weighted by molar-refractivity contribution is 0.0920. The van der Waals surface area contributed by atoms with E-state index in [-0.39, 0.29) is 30.6 Å². The molecule has 2 saturated heterocycles. The van der Waals surface area contributed by atoms with Crippen molar-refractivity contribution in [1.82, 2.24) is 24.4 Å². The third kappa shape index (κ3) is 5.94. The van der Waals surface area contributed by atoms with E-state index in [4.69, 9.17) is 9.63 Å². The monoisotopic (exact) mass is 483 g/mol. The standard InChI is InChI=1S/C22H37N5O5S/c1-2-17(24-22(29)20-15-21(32-25-20)16-5-6-16)14-19-4-3-10-27(19)33(30,31)26-11-7-18(8-12-26)23-9-13-28/h15-19,23,28H,2-14H2,1H3,(H,24,29)/t17-,19-/m0/s1. The third-order valence-electron chi connectivity index (χ3n) is 7.07. The van der Waals surface area contributed by atoms with Gasteiger partial charge in [0.15, 0.2) is 5.69 Å². The van der Waals surface area contributed by atoms with Gasteiger partial charge in [-0.25, -0.2) is 0 Å². The summed E-state index contributed by atoms with van der Waals surface area (Å²) in [6.45, 7) is 4.11. The molecule has 0 spiro atoms. The molecule has 186 valence electrons. The lowest BCUT2D eigenvalue weighted by Gasteiger charge is -2.36. The molecular weight excluding hydrogens is 446 g/mol. The molecule has 1 aliphatic carbocycles. The molecule has 1 aromatic heterocycles. The van der Waals surface area contributed by atoms with Gasteiger partial charge in [-0.1, -0.05) is 12.1 Å². The van der Waals surface area contributed by atoms with Crippen molar-refractivity contribution in [3.05, 3.63) is 17.5 Å². The van der Waals surface area contributed by atoms with Crippen molar-refractivity contribution in [2.45, 2.75) is 82.3 Å². The van der Waals surface area contributed by atoms with E-state index in [9.17, 15) is 13.2 Å². The van der Waals surface area contributed by atoms with Crippen molar-refractivity contribution >= 4 is 16.1 Å². The molecule has 33 heavy (non-hydrogen) atoms. The predicted octanol–water partition coefficient (Wildman–Crippen LogP) is 1.21. The number of aliphatic hydroxyl groups is 1. The fraction of sp³-hybridized carbons (Fsp3) is 0.818. The predicted molar refractivity (Wildman–Crippen MR) is 123 cm³/mol. The number of nitrogens with one attached hydrogen (secondary N) is 2. The summed E-state index contributed by atoms with van der Waals surface area (Å²) in [5.41, 5.74) is 0.295. The van der Waals surface area contributed by atoms with E-state index in [1.54, 1.807) is 14.7 Å². The van der Waals surface area contributed by atoms with E-state index in [2.05, 4.69) is 15.8 Å². The van der Waals surface area contributed by atoms with Crippen LogP contribution in [0.2, 0.25) is 0 Å². The summed E-state index contributed by atoms with van der Waals surface area (Å²) in [6, 6.07) is 1.72. The molecule has 0 radical (unpaired) electrons. The normalized spacial score (nSPS) is 24.2. The van der Waals surface area contributed by atoms with Crippen molar-refractivity contribution in [3.8, 4) is 0 Å². The largest absolute Gasteiger partial charge is 0.395 e. The molecule has 2 aliphatic heterocycles. The summed E-state index contributed by atoms with van der Waals surface area (Å²) in [7, 11) is -3.54. The van der Waals surface area contributed by atoms with Crippen molar-refractivity contribution in [3.63, 3.8) is 0 Å². The molecule has 0 unspecified atom stereocenters. The summed E-state index contributed by atoms with van der Waals surface area (Å²) in [5, 5.41) is 19.2. The second-order valence-electron chi connectivity index (χ2n) is 9.47. The Morgan fingerprint density at radius 3 is 2.67 bits per heavy atom. The van der Waals surface area contributed by atoms with Crippen molar-refractivity contribution in [2.75, 3.05) is 32.8 Å². The second kappa shape index (κ2) is 10.8. The summed E-state index contributed by atoms with van der Waals surface area (Å²) in [6.07, 6.45) is 6.58. The molecule has 0 bridgehead atoms. The topological polar surface area (TPSA) is 128 Å². The van der Waals surface area contributed by atoms with Crippen LogP contribution in [0.25, 0.3) is 0 Å². The first-order valence-electron chi connectivity index (χ1n) is 12.3. The highest BCUT2D eigenvalue weighted by atomic mass is 32.2. The quantitative estimate of drug-likeness (QED) is 0.431. The molecule has 1 amide bonds. The zero-order valence-corrected chi connectivity index (χ0v) is 20.2. The van der Waals surface area contributed by atoms with Gasteiger partial charge < -0.3 is 20.3 Å². The van der Waals surface area contributed by atoms with E-state index in [1.807, 2.05) is 6.92 Å². The lowest BCUT2D eigenvalue weighted by atomic mass is 10.0. The van der Waals surface area contributed by atoms with Gasteiger partial charge in [0, 0.05) is 56.3 Å². The second-order valence-corrected chi connectivity index (χ2v) is 11.3. The molecule has 10 nitrogen and oxygen atoms in total. The van der Waals surface area contributed by atoms with Crippen LogP contribution in [0.5, 0.6) is 0 Å². The first kappa shape index (κ1) is 24.6. The Bertz CT molecular complexity index is 895. The Balaban J connectivity index is 1.33. The van der Waals surface area contributed by atoms with Crippen LogP contribution in [0.3, 0.4) is 0 Å². The molecule has 3 aliphatic rings. The van der Waals surface area contributed by atoms with Crippen LogP contribution in [0.15, 0.2) is 10.6 Å². The molecule has 3 heterocycles. The Kier molecular flexibility index (Phi) is 8.06. The first-order chi connectivity index (χ1) is 15.9. The van der Waals surface area contributed by atoms with E-state index >= 15 is 0 Å². The van der Waals surface area contributed by atoms with Gasteiger partial charge in [-0.05, 0) is 51.4 Å². The SMILES string of the molecule is CC[C@@H](C[C@@H]1CCCN1S(=O)(=O)N1CCC(NCCO)CC1)NC(=O)c1cc(C2CC2)on1. The number of carbonyl (C=O) groups excluding carboxylic acids is 1. The van der Waals surface area contributed by atoms with Crippen LogP contribution in [-0.4, -0.2) is 84.1 Å². The van der Waals surface area contributed by atoms with Gasteiger partial charge in [0.2, 0.25) is 0 Å². The van der Waals surface area contributed by atoms with E-state index in [0.717, 1.165) is 44.3 Å². The van der Waals surface area contributed by atoms with E-state index < -0.39 is 10.2 Å². The Labute approximate surface area is 196 Å². The number of aliphatic hydroxyl groups excluding tert-OH is 1. The van der Waals surface area contributed by atoms with Gasteiger partial charge in [-0.3, -0.25) is 4.79 Å². The first-order valence-corrected chi connectivity index (χ1v) is 13.7. The maximum Gasteiger partial charge on any atom is 0.282 e. The number of aromatic nitrogens is 1. The van der Waals surface area contributed by atoms with Crippen molar-refractivity contribution < 1.29 is 22.8 Å². The fourth-order valence-corrected chi connectivity index (χ4v) is 6.83. The number of amides is 1. The molecule has 3 fully saturated rings. The van der Waals surface area contributed by atoms with Gasteiger partial charge >= 0.3 is 0 Å². The van der Waals surface area contributed by atoms with Gasteiger partial charge in [0.05, 0.1) is 6.61 Å². The molecular formula is C22H37N5O5S. The zero-order valence-electron chi connectivity index (χ0n) is 19.4. The smallest absolute Gasteiger partial charge is 0.282 e. The average molecular weight is 484 g/mol. The molecule has 1 aromatic rings. The van der Waals surface area contributed by atoms with Crippen LogP contribution in [0.4, 0.5) is 0 Å². The summed E-state index contributed by atoms with van der Waals surface area (Å²) >= 11 is 0. The number of rotatable bonds is 11. The maximum absolute atomic E-state index is 13.4. The number of hydrogen-bond acceptors (Lipinski definition) is 7. The number of piperidine rings is 1. The van der Waals surface area contributed by atoms with Gasteiger partial charge in [0.25, 0.3) is 16.1 Å². The fourth-order valence-electron chi connectivity index (χ4n) is 4.93. The summed E-state index contributed by atoms with van der Waals surface area (Å²) in [5.74, 6) is 0.910. The minimum atomic E-state index is -3.54.